The fraction of sp³-hybridized carbons (Fsp3) is 0.536. The summed E-state index contributed by atoms with van der Waals surface area (Å²) in [7, 11) is 1.53. The number of alkyl halides is 1. The van der Waals surface area contributed by atoms with Crippen LogP contribution in [-0.2, 0) is 38.1 Å². The van der Waals surface area contributed by atoms with Gasteiger partial charge in [0.25, 0.3) is 5.56 Å². The molecule has 6 rings (SSSR count). The number of nitrogens with zero attached hydrogens (tertiary/aromatic N) is 4. The molecule has 214 valence electrons. The van der Waals surface area contributed by atoms with Crippen LogP contribution < -0.4 is 10.3 Å². The van der Waals surface area contributed by atoms with Crippen LogP contribution in [0.15, 0.2) is 35.1 Å². The molecule has 11 nitrogen and oxygen atoms in total. The Labute approximate surface area is 230 Å². The molecule has 0 radical (unpaired) electrons. The van der Waals surface area contributed by atoms with Crippen LogP contribution in [0.1, 0.15) is 60.9 Å². The molecular formula is C28H33FN4O7. The van der Waals surface area contributed by atoms with E-state index in [-0.39, 0.29) is 55.6 Å². The lowest BCUT2D eigenvalue weighted by molar-refractivity contribution is -0.301. The van der Waals surface area contributed by atoms with Crippen LogP contribution >= 0.6 is 0 Å². The second-order valence-electron chi connectivity index (χ2n) is 10.5. The predicted molar refractivity (Wildman–Crippen MR) is 139 cm³/mol. The number of esters is 1. The Hall–Kier alpha value is -3.64. The van der Waals surface area contributed by atoms with E-state index in [1.807, 2.05) is 0 Å². The van der Waals surface area contributed by atoms with Crippen LogP contribution in [0.4, 0.5) is 4.39 Å². The summed E-state index contributed by atoms with van der Waals surface area (Å²) in [6.07, 6.45) is 1.42. The molecule has 0 N–H and O–H groups in total. The maximum atomic E-state index is 13.9. The van der Waals surface area contributed by atoms with Gasteiger partial charge in [-0.1, -0.05) is 18.2 Å². The highest BCUT2D eigenvalue weighted by Crippen LogP contribution is 2.46. The van der Waals surface area contributed by atoms with E-state index < -0.39 is 35.1 Å². The van der Waals surface area contributed by atoms with Crippen molar-refractivity contribution in [1.82, 2.24) is 19.4 Å². The van der Waals surface area contributed by atoms with Crippen molar-refractivity contribution in [2.45, 2.75) is 63.9 Å². The summed E-state index contributed by atoms with van der Waals surface area (Å²) < 4.78 is 20.8. The zero-order chi connectivity index (χ0) is 28.4. The maximum absolute atomic E-state index is 13.9. The molecule has 0 unspecified atom stereocenters. The first-order valence-corrected chi connectivity index (χ1v) is 13.6. The van der Waals surface area contributed by atoms with E-state index in [1.165, 1.54) is 21.4 Å². The van der Waals surface area contributed by atoms with E-state index in [2.05, 4.69) is 0 Å². The molecule has 1 aromatic carbocycles. The molecule has 2 amide bonds. The van der Waals surface area contributed by atoms with Crippen molar-refractivity contribution in [1.29, 1.82) is 0 Å². The molecule has 3 aliphatic heterocycles. The number of ether oxygens (including phenoxy) is 1. The van der Waals surface area contributed by atoms with Crippen molar-refractivity contribution in [2.75, 3.05) is 26.7 Å². The minimum absolute atomic E-state index is 0.0469. The van der Waals surface area contributed by atoms with Crippen molar-refractivity contribution in [3.05, 3.63) is 57.8 Å². The number of likely N-dealkylation sites (tertiary alicyclic amines) is 1. The Balaban J connectivity index is 1.56. The Morgan fingerprint density at radius 1 is 1.10 bits per heavy atom. The van der Waals surface area contributed by atoms with E-state index in [0.29, 0.717) is 38.1 Å². The average molecular weight is 557 g/mol. The van der Waals surface area contributed by atoms with Crippen LogP contribution in [0, 0.1) is 5.92 Å². The number of rotatable bonds is 7. The van der Waals surface area contributed by atoms with E-state index in [4.69, 9.17) is 19.5 Å². The lowest BCUT2D eigenvalue weighted by Gasteiger charge is -2.43. The second-order valence-corrected chi connectivity index (χ2v) is 10.5. The van der Waals surface area contributed by atoms with Gasteiger partial charge in [-0.05, 0) is 57.1 Å². The van der Waals surface area contributed by atoms with Crippen molar-refractivity contribution in [3.8, 4) is 5.75 Å². The van der Waals surface area contributed by atoms with Gasteiger partial charge in [0.1, 0.15) is 29.8 Å². The van der Waals surface area contributed by atoms with E-state index >= 15 is 0 Å². The van der Waals surface area contributed by atoms with Crippen LogP contribution in [-0.4, -0.2) is 70.1 Å². The quantitative estimate of drug-likeness (QED) is 0.168. The number of amides is 2. The first-order valence-electron chi connectivity index (χ1n) is 13.6. The largest absolute Gasteiger partial charge is 0.415 e. The molecular weight excluding hydrogens is 523 g/mol. The number of fused-ring (bicyclic) bond motifs is 2. The number of aromatic nitrogens is 2. The normalized spacial score (nSPS) is 23.4. The highest BCUT2D eigenvalue weighted by atomic mass is 19.1. The minimum Gasteiger partial charge on any atom is -0.415 e. The van der Waals surface area contributed by atoms with Gasteiger partial charge in [-0.3, -0.25) is 19.0 Å². The van der Waals surface area contributed by atoms with Gasteiger partial charge in [0, 0.05) is 20.1 Å². The highest BCUT2D eigenvalue weighted by molar-refractivity contribution is 6.35. The third-order valence-corrected chi connectivity index (χ3v) is 8.14. The van der Waals surface area contributed by atoms with E-state index in [9.17, 15) is 23.6 Å². The standard InChI is InChI=1S/C28H33FN4O7/c1-3-38-39-17-21-22(40-26(37)19-7-5-4-6-8-19)23(34)33-15-18-9-12-28(13-10-18,27(33)30-21)31(2)24(35)25(36)32-14-11-20(29)16-32/h4-8,18,20H,3,9-17H2,1-2H3/t18?,20-,28?/m1/s1. The van der Waals surface area contributed by atoms with E-state index in [0.717, 1.165) is 0 Å². The molecule has 2 aromatic rings. The number of likely N-dealkylation sites (N-methyl/N-ethyl adjacent to an activating group) is 1. The molecule has 1 aliphatic carbocycles. The number of halogens is 1. The van der Waals surface area contributed by atoms with E-state index in [1.54, 1.807) is 37.3 Å². The Morgan fingerprint density at radius 3 is 2.48 bits per heavy atom. The topological polar surface area (TPSA) is 120 Å². The molecule has 1 atom stereocenters. The zero-order valence-corrected chi connectivity index (χ0v) is 22.6. The fourth-order valence-corrected chi connectivity index (χ4v) is 5.89. The first kappa shape index (κ1) is 27.9. The molecule has 2 bridgehead atoms. The molecule has 0 spiro atoms. The van der Waals surface area contributed by atoms with Gasteiger partial charge in [0.2, 0.25) is 5.75 Å². The Bertz CT molecular complexity index is 1340. The summed E-state index contributed by atoms with van der Waals surface area (Å²) in [5.74, 6) is -2.10. The summed E-state index contributed by atoms with van der Waals surface area (Å²) in [5.41, 5.74) is -1.33. The molecule has 40 heavy (non-hydrogen) atoms. The molecule has 4 aliphatic rings. The van der Waals surface area contributed by atoms with Gasteiger partial charge in [-0.15, -0.1) is 0 Å². The summed E-state index contributed by atoms with van der Waals surface area (Å²) in [6, 6.07) is 8.28. The summed E-state index contributed by atoms with van der Waals surface area (Å²) >= 11 is 0. The van der Waals surface area contributed by atoms with Crippen LogP contribution in [0.2, 0.25) is 0 Å². The SMILES string of the molecule is CCOOCc1nc2n(c(=O)c1OC(=O)c1ccccc1)CC1CCC2(N(C)C(=O)C(=O)N2CC[C@@H](F)C2)CC1. The minimum atomic E-state index is -1.15. The van der Waals surface area contributed by atoms with Crippen LogP contribution in [0.3, 0.4) is 0 Å². The van der Waals surface area contributed by atoms with Crippen molar-refractivity contribution < 1.29 is 33.3 Å². The number of carbonyl (C=O) groups excluding carboxylic acids is 3. The van der Waals surface area contributed by atoms with Gasteiger partial charge < -0.3 is 14.5 Å². The van der Waals surface area contributed by atoms with Crippen molar-refractivity contribution >= 4 is 17.8 Å². The number of hydrogen-bond donors (Lipinski definition) is 0. The lowest BCUT2D eigenvalue weighted by atomic mass is 9.76. The first-order chi connectivity index (χ1) is 19.2. The van der Waals surface area contributed by atoms with Gasteiger partial charge in [-0.25, -0.2) is 23.9 Å². The summed E-state index contributed by atoms with van der Waals surface area (Å²) in [6.45, 7) is 2.08. The molecule has 1 saturated heterocycles. The van der Waals surface area contributed by atoms with Gasteiger partial charge >= 0.3 is 17.8 Å². The fourth-order valence-electron chi connectivity index (χ4n) is 5.89. The lowest BCUT2D eigenvalue weighted by Crippen LogP contribution is -2.54. The van der Waals surface area contributed by atoms with Gasteiger partial charge in [0.15, 0.2) is 0 Å². The molecule has 1 saturated carbocycles. The average Bonchev–Trinajstić information content (AvgIpc) is 3.27. The molecule has 1 aromatic heterocycles. The number of carbonyl (C=O) groups is 3. The summed E-state index contributed by atoms with van der Waals surface area (Å²) in [4.78, 5) is 71.0. The molecule has 4 heterocycles. The van der Waals surface area contributed by atoms with Crippen LogP contribution in [0.25, 0.3) is 0 Å². The van der Waals surface area contributed by atoms with Crippen molar-refractivity contribution in [3.63, 3.8) is 0 Å². The Morgan fingerprint density at radius 2 is 1.82 bits per heavy atom. The number of hydrogen-bond acceptors (Lipinski definition) is 8. The van der Waals surface area contributed by atoms with Gasteiger partial charge in [0.05, 0.1) is 18.7 Å². The summed E-state index contributed by atoms with van der Waals surface area (Å²) in [5, 5.41) is 0. The third-order valence-electron chi connectivity index (χ3n) is 8.14. The van der Waals surface area contributed by atoms with Gasteiger partial charge in [-0.2, -0.15) is 0 Å². The molecule has 12 heteroatoms. The Kier molecular flexibility index (Phi) is 7.99. The van der Waals surface area contributed by atoms with Crippen molar-refractivity contribution in [2.24, 2.45) is 5.92 Å². The zero-order valence-electron chi connectivity index (χ0n) is 22.6. The number of benzene rings is 1. The maximum Gasteiger partial charge on any atom is 0.343 e. The third kappa shape index (κ3) is 5.13. The second kappa shape index (κ2) is 11.5. The highest BCUT2D eigenvalue weighted by Gasteiger charge is 2.50. The predicted octanol–water partition coefficient (Wildman–Crippen LogP) is 2.36. The smallest absolute Gasteiger partial charge is 0.343 e. The monoisotopic (exact) mass is 556 g/mol. The van der Waals surface area contributed by atoms with Crippen LogP contribution in [0.5, 0.6) is 5.75 Å². The molecule has 2 fully saturated rings.